The molecule has 1 saturated carbocycles. The van der Waals surface area contributed by atoms with E-state index in [1.54, 1.807) is 0 Å². The normalized spacial score (nSPS) is 46.3. The Balaban J connectivity index is 1.85. The minimum atomic E-state index is -0.596. The molecule has 0 aromatic heterocycles. The van der Waals surface area contributed by atoms with E-state index in [-0.39, 0.29) is 29.7 Å². The quantitative estimate of drug-likeness (QED) is 0.313. The number of ether oxygens (including phenoxy) is 2. The Morgan fingerprint density at radius 3 is 2.89 bits per heavy atom. The fourth-order valence-electron chi connectivity index (χ4n) is 3.27. The van der Waals surface area contributed by atoms with Crippen molar-refractivity contribution in [3.8, 4) is 0 Å². The van der Waals surface area contributed by atoms with E-state index in [0.717, 1.165) is 18.4 Å². The lowest BCUT2D eigenvalue weighted by Gasteiger charge is -2.24. The van der Waals surface area contributed by atoms with Crippen LogP contribution in [-0.4, -0.2) is 35.0 Å². The smallest absolute Gasteiger partial charge is 0.334 e. The molecule has 0 radical (unpaired) electrons. The molecule has 4 nitrogen and oxygen atoms in total. The number of esters is 1. The molecule has 3 rings (SSSR count). The van der Waals surface area contributed by atoms with Gasteiger partial charge < -0.3 is 14.6 Å². The van der Waals surface area contributed by atoms with Crippen molar-refractivity contribution in [2.24, 2.45) is 5.92 Å². The molecule has 0 amide bonds. The molecule has 4 heteroatoms. The van der Waals surface area contributed by atoms with Gasteiger partial charge in [-0.25, -0.2) is 4.79 Å². The molecule has 19 heavy (non-hydrogen) atoms. The van der Waals surface area contributed by atoms with Crippen LogP contribution < -0.4 is 0 Å². The van der Waals surface area contributed by atoms with E-state index in [1.807, 2.05) is 0 Å². The van der Waals surface area contributed by atoms with E-state index in [4.69, 9.17) is 9.47 Å². The summed E-state index contributed by atoms with van der Waals surface area (Å²) in [5.74, 6) is -0.466. The number of fused-ring (bicyclic) bond motifs is 2. The monoisotopic (exact) mass is 264 g/mol. The van der Waals surface area contributed by atoms with E-state index in [9.17, 15) is 9.90 Å². The fourth-order valence-corrected chi connectivity index (χ4v) is 3.27. The van der Waals surface area contributed by atoms with E-state index in [1.165, 1.54) is 0 Å². The predicted octanol–water partition coefficient (Wildman–Crippen LogP) is 1.73. The highest BCUT2D eigenvalue weighted by atomic mass is 16.6. The number of epoxide rings is 1. The maximum atomic E-state index is 11.7. The number of hydrogen-bond donors (Lipinski definition) is 1. The molecule has 3 aliphatic rings. The van der Waals surface area contributed by atoms with Gasteiger partial charge in [0.25, 0.3) is 0 Å². The van der Waals surface area contributed by atoms with Crippen LogP contribution in [0.15, 0.2) is 24.3 Å². The highest BCUT2D eigenvalue weighted by Gasteiger charge is 2.56. The molecule has 5 atom stereocenters. The third-order valence-corrected chi connectivity index (χ3v) is 4.73. The van der Waals surface area contributed by atoms with Crippen LogP contribution in [0.4, 0.5) is 0 Å². The van der Waals surface area contributed by atoms with Crippen molar-refractivity contribution in [3.63, 3.8) is 0 Å². The molecule has 0 bridgehead atoms. The van der Waals surface area contributed by atoms with Crippen molar-refractivity contribution < 1.29 is 19.4 Å². The lowest BCUT2D eigenvalue weighted by atomic mass is 9.82. The van der Waals surface area contributed by atoms with Crippen molar-refractivity contribution in [2.75, 3.05) is 0 Å². The average Bonchev–Trinajstić information content (AvgIpc) is 2.93. The molecular formula is C15H20O4. The van der Waals surface area contributed by atoms with Gasteiger partial charge in [0.15, 0.2) is 0 Å². The highest BCUT2D eigenvalue weighted by molar-refractivity contribution is 5.90. The zero-order chi connectivity index (χ0) is 13.8. The van der Waals surface area contributed by atoms with E-state index in [2.05, 4.69) is 20.1 Å². The second kappa shape index (κ2) is 4.18. The number of aliphatic hydroxyl groups excluding tert-OH is 1. The summed E-state index contributed by atoms with van der Waals surface area (Å²) in [6, 6.07) is 0. The van der Waals surface area contributed by atoms with Crippen molar-refractivity contribution in [2.45, 2.75) is 56.5 Å². The molecule has 3 fully saturated rings. The van der Waals surface area contributed by atoms with Crippen LogP contribution >= 0.6 is 0 Å². The lowest BCUT2D eigenvalue weighted by molar-refractivity contribution is -0.139. The second-order valence-corrected chi connectivity index (χ2v) is 6.15. The zero-order valence-electron chi connectivity index (χ0n) is 11.2. The van der Waals surface area contributed by atoms with Crippen LogP contribution in [-0.2, 0) is 14.3 Å². The summed E-state index contributed by atoms with van der Waals surface area (Å²) in [5, 5.41) is 10.2. The molecule has 0 spiro atoms. The van der Waals surface area contributed by atoms with Crippen LogP contribution in [0.5, 0.6) is 0 Å². The Morgan fingerprint density at radius 1 is 1.42 bits per heavy atom. The zero-order valence-corrected chi connectivity index (χ0v) is 11.2. The summed E-state index contributed by atoms with van der Waals surface area (Å²) in [7, 11) is 0. The van der Waals surface area contributed by atoms with Gasteiger partial charge in [0.1, 0.15) is 6.10 Å². The van der Waals surface area contributed by atoms with Gasteiger partial charge in [0, 0.05) is 17.9 Å². The van der Waals surface area contributed by atoms with Crippen LogP contribution in [0, 0.1) is 5.92 Å². The molecule has 0 unspecified atom stereocenters. The van der Waals surface area contributed by atoms with Gasteiger partial charge >= 0.3 is 5.97 Å². The van der Waals surface area contributed by atoms with Crippen LogP contribution in [0.25, 0.3) is 0 Å². The first-order chi connectivity index (χ1) is 8.90. The summed E-state index contributed by atoms with van der Waals surface area (Å²) in [6.45, 7) is 9.81. The van der Waals surface area contributed by atoms with Gasteiger partial charge in [0.2, 0.25) is 0 Å². The third kappa shape index (κ3) is 2.13. The first-order valence-electron chi connectivity index (χ1n) is 6.84. The maximum absolute atomic E-state index is 11.7. The summed E-state index contributed by atoms with van der Waals surface area (Å²) in [6.07, 6.45) is 2.15. The van der Waals surface area contributed by atoms with Crippen LogP contribution in [0.2, 0.25) is 0 Å². The Labute approximate surface area is 113 Å². The standard InChI is InChI=1S/C15H20O4/c1-8-4-5-13-15(3,19-13)7-12-10(6-11(8)16)9(2)14(17)18-12/h10-13,16H,1-2,4-7H2,3H3/t10-,11+,12+,13-,15+/m1/s1. The Bertz CT molecular complexity index is 455. The number of aliphatic hydroxyl groups is 1. The lowest BCUT2D eigenvalue weighted by Crippen LogP contribution is -2.29. The largest absolute Gasteiger partial charge is 0.458 e. The predicted molar refractivity (Wildman–Crippen MR) is 69.4 cm³/mol. The molecule has 1 N–H and O–H groups in total. The van der Waals surface area contributed by atoms with Gasteiger partial charge in [-0.2, -0.15) is 0 Å². The van der Waals surface area contributed by atoms with E-state index < -0.39 is 6.10 Å². The molecule has 1 aliphatic carbocycles. The van der Waals surface area contributed by atoms with E-state index in [0.29, 0.717) is 18.4 Å². The van der Waals surface area contributed by atoms with Gasteiger partial charge in [-0.15, -0.1) is 0 Å². The topological polar surface area (TPSA) is 59.1 Å². The maximum Gasteiger partial charge on any atom is 0.334 e. The van der Waals surface area contributed by atoms with Gasteiger partial charge in [-0.3, -0.25) is 0 Å². The molecular weight excluding hydrogens is 244 g/mol. The summed E-state index contributed by atoms with van der Waals surface area (Å²) in [4.78, 5) is 11.7. The first-order valence-corrected chi connectivity index (χ1v) is 6.84. The van der Waals surface area contributed by atoms with Gasteiger partial charge in [-0.05, 0) is 31.8 Å². The van der Waals surface area contributed by atoms with Crippen LogP contribution in [0.3, 0.4) is 0 Å². The SMILES string of the molecule is C=C1C(=O)O[C@H]2C[C@]3(C)O[C@@H]3CCC(=C)[C@@H](O)C[C@H]12. The van der Waals surface area contributed by atoms with Gasteiger partial charge in [0.05, 0.1) is 17.8 Å². The fraction of sp³-hybridized carbons (Fsp3) is 0.667. The molecule has 0 aromatic rings. The number of carbonyl (C=O) groups is 1. The molecule has 2 heterocycles. The number of carbonyl (C=O) groups excluding carboxylic acids is 1. The number of rotatable bonds is 0. The van der Waals surface area contributed by atoms with Crippen molar-refractivity contribution in [1.29, 1.82) is 0 Å². The average molecular weight is 264 g/mol. The third-order valence-electron chi connectivity index (χ3n) is 4.73. The van der Waals surface area contributed by atoms with Crippen molar-refractivity contribution in [1.82, 2.24) is 0 Å². The van der Waals surface area contributed by atoms with Crippen LogP contribution in [0.1, 0.15) is 32.6 Å². The Kier molecular flexibility index (Phi) is 2.84. The molecule has 2 aliphatic heterocycles. The minimum Gasteiger partial charge on any atom is -0.458 e. The Hall–Kier alpha value is -1.13. The molecule has 104 valence electrons. The summed E-state index contributed by atoms with van der Waals surface area (Å²) in [5.41, 5.74) is 1.08. The summed E-state index contributed by atoms with van der Waals surface area (Å²) >= 11 is 0. The van der Waals surface area contributed by atoms with Crippen molar-refractivity contribution >= 4 is 5.97 Å². The first kappa shape index (κ1) is 12.9. The highest BCUT2D eigenvalue weighted by Crippen LogP contribution is 2.48. The van der Waals surface area contributed by atoms with Gasteiger partial charge in [-0.1, -0.05) is 13.2 Å². The van der Waals surface area contributed by atoms with Crippen molar-refractivity contribution in [3.05, 3.63) is 24.3 Å². The molecule has 2 saturated heterocycles. The second-order valence-electron chi connectivity index (χ2n) is 6.15. The number of hydrogen-bond acceptors (Lipinski definition) is 4. The summed E-state index contributed by atoms with van der Waals surface area (Å²) < 4.78 is 11.2. The Morgan fingerprint density at radius 2 is 2.16 bits per heavy atom. The minimum absolute atomic E-state index is 0.126. The molecule has 0 aromatic carbocycles. The van der Waals surface area contributed by atoms with E-state index >= 15 is 0 Å².